The molecule has 1 heterocycles. The third kappa shape index (κ3) is 3.99. The maximum absolute atomic E-state index is 12.1. The lowest BCUT2D eigenvalue weighted by Gasteiger charge is -2.34. The fourth-order valence-corrected chi connectivity index (χ4v) is 4.28. The van der Waals surface area contributed by atoms with Crippen molar-refractivity contribution >= 4 is 31.6 Å². The van der Waals surface area contributed by atoms with Crippen molar-refractivity contribution in [3.8, 4) is 0 Å². The summed E-state index contributed by atoms with van der Waals surface area (Å²) in [5, 5.41) is 1.05. The summed E-state index contributed by atoms with van der Waals surface area (Å²) < 4.78 is 25.4. The third-order valence-electron chi connectivity index (χ3n) is 4.02. The monoisotopic (exact) mass is 374 g/mol. The quantitative estimate of drug-likeness (QED) is 0.743. The summed E-state index contributed by atoms with van der Waals surface area (Å²) in [6.45, 7) is 2.12. The average molecular weight is 375 g/mol. The molecule has 0 amide bonds. The SMILES string of the molecule is CN(C)S(=O)(=O)c1ccc(N2CCCC(CCBr)C2)cc1. The van der Waals surface area contributed by atoms with Gasteiger partial charge in [0.15, 0.2) is 0 Å². The zero-order valence-electron chi connectivity index (χ0n) is 12.6. The van der Waals surface area contributed by atoms with Crippen LogP contribution in [0.5, 0.6) is 0 Å². The molecule has 0 spiro atoms. The highest BCUT2D eigenvalue weighted by atomic mass is 79.9. The van der Waals surface area contributed by atoms with E-state index in [1.807, 2.05) is 12.1 Å². The molecule has 2 rings (SSSR count). The summed E-state index contributed by atoms with van der Waals surface area (Å²) in [4.78, 5) is 2.72. The van der Waals surface area contributed by atoms with Gasteiger partial charge in [0.1, 0.15) is 0 Å². The second kappa shape index (κ2) is 7.11. The maximum Gasteiger partial charge on any atom is 0.242 e. The molecular weight excluding hydrogens is 352 g/mol. The fraction of sp³-hybridized carbons (Fsp3) is 0.600. The van der Waals surface area contributed by atoms with Gasteiger partial charge in [-0.1, -0.05) is 15.9 Å². The van der Waals surface area contributed by atoms with Gasteiger partial charge in [0, 0.05) is 38.2 Å². The molecule has 1 saturated heterocycles. The molecular formula is C15H23BrN2O2S. The van der Waals surface area contributed by atoms with E-state index in [0.717, 1.165) is 30.0 Å². The topological polar surface area (TPSA) is 40.6 Å². The predicted octanol–water partition coefficient (Wildman–Crippen LogP) is 2.94. The van der Waals surface area contributed by atoms with Crippen LogP contribution in [0.2, 0.25) is 0 Å². The van der Waals surface area contributed by atoms with Crippen LogP contribution in [-0.4, -0.2) is 45.2 Å². The van der Waals surface area contributed by atoms with Gasteiger partial charge < -0.3 is 4.90 Å². The van der Waals surface area contributed by atoms with Gasteiger partial charge in [0.2, 0.25) is 10.0 Å². The Kier molecular flexibility index (Phi) is 5.68. The van der Waals surface area contributed by atoms with Gasteiger partial charge in [-0.3, -0.25) is 0 Å². The van der Waals surface area contributed by atoms with Crippen LogP contribution in [0.4, 0.5) is 5.69 Å². The number of benzene rings is 1. The van der Waals surface area contributed by atoms with E-state index in [2.05, 4.69) is 20.8 Å². The lowest BCUT2D eigenvalue weighted by atomic mass is 9.95. The molecule has 1 aliphatic rings. The second-order valence-electron chi connectivity index (χ2n) is 5.71. The average Bonchev–Trinajstić information content (AvgIpc) is 2.48. The first-order valence-corrected chi connectivity index (χ1v) is 9.85. The summed E-state index contributed by atoms with van der Waals surface area (Å²) in [6.07, 6.45) is 3.69. The lowest BCUT2D eigenvalue weighted by Crippen LogP contribution is -2.35. The highest BCUT2D eigenvalue weighted by Gasteiger charge is 2.21. The number of sulfonamides is 1. The molecule has 0 aliphatic carbocycles. The van der Waals surface area contributed by atoms with Crippen molar-refractivity contribution in [2.24, 2.45) is 5.92 Å². The summed E-state index contributed by atoms with van der Waals surface area (Å²) in [5.41, 5.74) is 1.12. The third-order valence-corrected chi connectivity index (χ3v) is 6.30. The molecule has 1 fully saturated rings. The summed E-state index contributed by atoms with van der Waals surface area (Å²) in [5.74, 6) is 0.725. The van der Waals surface area contributed by atoms with Crippen LogP contribution in [0.1, 0.15) is 19.3 Å². The van der Waals surface area contributed by atoms with Crippen molar-refractivity contribution in [2.45, 2.75) is 24.2 Å². The summed E-state index contributed by atoms with van der Waals surface area (Å²) >= 11 is 3.52. The lowest BCUT2D eigenvalue weighted by molar-refractivity contribution is 0.408. The van der Waals surface area contributed by atoms with Crippen molar-refractivity contribution in [2.75, 3.05) is 37.4 Å². The van der Waals surface area contributed by atoms with E-state index >= 15 is 0 Å². The molecule has 1 aromatic rings. The van der Waals surface area contributed by atoms with Crippen LogP contribution >= 0.6 is 15.9 Å². The first-order valence-electron chi connectivity index (χ1n) is 7.28. The van der Waals surface area contributed by atoms with Crippen LogP contribution in [0.25, 0.3) is 0 Å². The molecule has 0 aromatic heterocycles. The van der Waals surface area contributed by atoms with Crippen LogP contribution < -0.4 is 4.90 Å². The Hall–Kier alpha value is -0.590. The van der Waals surface area contributed by atoms with E-state index < -0.39 is 10.0 Å². The van der Waals surface area contributed by atoms with Gasteiger partial charge >= 0.3 is 0 Å². The molecule has 1 unspecified atom stereocenters. The first-order chi connectivity index (χ1) is 9.95. The molecule has 0 bridgehead atoms. The Morgan fingerprint density at radius 2 is 1.95 bits per heavy atom. The second-order valence-corrected chi connectivity index (χ2v) is 8.66. The molecule has 0 saturated carbocycles. The van der Waals surface area contributed by atoms with Gasteiger partial charge in [0.05, 0.1) is 4.90 Å². The standard InChI is InChI=1S/C15H23BrN2O2S/c1-17(2)21(19,20)15-7-5-14(6-8-15)18-11-3-4-13(12-18)9-10-16/h5-8,13H,3-4,9-12H2,1-2H3. The Morgan fingerprint density at radius 3 is 2.52 bits per heavy atom. The number of halogens is 1. The Morgan fingerprint density at radius 1 is 1.29 bits per heavy atom. The number of hydrogen-bond acceptors (Lipinski definition) is 3. The molecule has 1 aromatic carbocycles. The Labute approximate surface area is 136 Å². The van der Waals surface area contributed by atoms with Crippen LogP contribution in [-0.2, 0) is 10.0 Å². The number of piperidine rings is 1. The van der Waals surface area contributed by atoms with Gasteiger partial charge in [-0.05, 0) is 49.4 Å². The number of nitrogens with zero attached hydrogens (tertiary/aromatic N) is 2. The number of hydrogen-bond donors (Lipinski definition) is 0. The van der Waals surface area contributed by atoms with E-state index in [1.54, 1.807) is 26.2 Å². The zero-order chi connectivity index (χ0) is 15.5. The van der Waals surface area contributed by atoms with E-state index in [9.17, 15) is 8.42 Å². The smallest absolute Gasteiger partial charge is 0.242 e. The van der Waals surface area contributed by atoms with E-state index in [-0.39, 0.29) is 0 Å². The molecule has 0 radical (unpaired) electrons. The number of alkyl halides is 1. The van der Waals surface area contributed by atoms with Gasteiger partial charge in [-0.2, -0.15) is 0 Å². The maximum atomic E-state index is 12.1. The highest BCUT2D eigenvalue weighted by molar-refractivity contribution is 9.09. The molecule has 118 valence electrons. The molecule has 6 heteroatoms. The summed E-state index contributed by atoms with van der Waals surface area (Å²) in [6, 6.07) is 7.26. The van der Waals surface area contributed by atoms with E-state index in [0.29, 0.717) is 4.90 Å². The van der Waals surface area contributed by atoms with Crippen molar-refractivity contribution in [3.05, 3.63) is 24.3 Å². The van der Waals surface area contributed by atoms with Crippen molar-refractivity contribution < 1.29 is 8.42 Å². The molecule has 0 N–H and O–H groups in total. The van der Waals surface area contributed by atoms with Crippen molar-refractivity contribution in [3.63, 3.8) is 0 Å². The fourth-order valence-electron chi connectivity index (χ4n) is 2.73. The normalized spacial score (nSPS) is 20.0. The van der Waals surface area contributed by atoms with Gasteiger partial charge in [-0.15, -0.1) is 0 Å². The molecule has 1 aliphatic heterocycles. The number of anilines is 1. The molecule has 4 nitrogen and oxygen atoms in total. The van der Waals surface area contributed by atoms with Crippen LogP contribution in [0, 0.1) is 5.92 Å². The van der Waals surface area contributed by atoms with Crippen LogP contribution in [0.15, 0.2) is 29.2 Å². The Balaban J connectivity index is 2.12. The largest absolute Gasteiger partial charge is 0.371 e. The minimum absolute atomic E-state index is 0.352. The first kappa shape index (κ1) is 16.8. The van der Waals surface area contributed by atoms with Crippen LogP contribution in [0.3, 0.4) is 0 Å². The number of rotatable bonds is 5. The van der Waals surface area contributed by atoms with Crippen molar-refractivity contribution in [1.29, 1.82) is 0 Å². The van der Waals surface area contributed by atoms with Crippen molar-refractivity contribution in [1.82, 2.24) is 4.31 Å². The Bertz CT molecular complexity index is 556. The minimum Gasteiger partial charge on any atom is -0.371 e. The van der Waals surface area contributed by atoms with E-state index in [4.69, 9.17) is 0 Å². The summed E-state index contributed by atoms with van der Waals surface area (Å²) in [7, 11) is -0.227. The highest BCUT2D eigenvalue weighted by Crippen LogP contribution is 2.26. The van der Waals surface area contributed by atoms with E-state index in [1.165, 1.54) is 23.6 Å². The van der Waals surface area contributed by atoms with Gasteiger partial charge in [0.25, 0.3) is 0 Å². The van der Waals surface area contributed by atoms with Gasteiger partial charge in [-0.25, -0.2) is 12.7 Å². The predicted molar refractivity (Wildman–Crippen MR) is 90.7 cm³/mol. The molecule has 1 atom stereocenters. The molecule has 21 heavy (non-hydrogen) atoms. The minimum atomic E-state index is -3.34. The zero-order valence-corrected chi connectivity index (χ0v) is 15.0.